The number of hydrogen-bond acceptors (Lipinski definition) is 2. The topological polar surface area (TPSA) is 38.0 Å². The Labute approximate surface area is 89.6 Å². The molecule has 3 N–H and O–H groups in total. The van der Waals surface area contributed by atoms with Gasteiger partial charge in [-0.3, -0.25) is 11.3 Å². The van der Waals surface area contributed by atoms with Gasteiger partial charge in [0.2, 0.25) is 0 Å². The molecule has 2 nitrogen and oxygen atoms in total. The zero-order chi connectivity index (χ0) is 11.3. The van der Waals surface area contributed by atoms with Crippen molar-refractivity contribution in [1.82, 2.24) is 5.43 Å². The van der Waals surface area contributed by atoms with E-state index in [0.717, 1.165) is 0 Å². The third-order valence-electron chi connectivity index (χ3n) is 2.38. The molecule has 1 aromatic rings. The molecule has 1 atom stereocenters. The van der Waals surface area contributed by atoms with Crippen LogP contribution in [-0.4, -0.2) is 0 Å². The molecule has 80 valence electrons. The number of benzene rings is 1. The Kier molecular flexibility index (Phi) is 4.29. The summed E-state index contributed by atoms with van der Waals surface area (Å²) < 4.78 is 13.7. The average molecular weight is 206 g/mol. The van der Waals surface area contributed by atoms with Crippen molar-refractivity contribution in [3.8, 4) is 12.3 Å². The lowest BCUT2D eigenvalue weighted by molar-refractivity contribution is 0.488. The fourth-order valence-corrected chi connectivity index (χ4v) is 1.50. The fraction of sp³-hybridized carbons (Fsp3) is 0.333. The maximum Gasteiger partial charge on any atom is 0.130 e. The third-order valence-corrected chi connectivity index (χ3v) is 2.38. The van der Waals surface area contributed by atoms with E-state index in [9.17, 15) is 4.39 Å². The van der Waals surface area contributed by atoms with Crippen molar-refractivity contribution in [2.45, 2.75) is 25.8 Å². The summed E-state index contributed by atoms with van der Waals surface area (Å²) in [7, 11) is 0. The van der Waals surface area contributed by atoms with Crippen LogP contribution < -0.4 is 11.3 Å². The first kappa shape index (κ1) is 11.7. The molecule has 0 amide bonds. The Hall–Kier alpha value is -1.37. The molecule has 0 aliphatic carbocycles. The van der Waals surface area contributed by atoms with E-state index < -0.39 is 0 Å². The zero-order valence-electron chi connectivity index (χ0n) is 8.76. The minimum atomic E-state index is -0.221. The summed E-state index contributed by atoms with van der Waals surface area (Å²) in [5.41, 5.74) is 3.78. The molecule has 15 heavy (non-hydrogen) atoms. The molecule has 1 rings (SSSR count). The van der Waals surface area contributed by atoms with Crippen molar-refractivity contribution in [1.29, 1.82) is 0 Å². The number of halogens is 1. The van der Waals surface area contributed by atoms with Gasteiger partial charge in [0.25, 0.3) is 0 Å². The van der Waals surface area contributed by atoms with Gasteiger partial charge >= 0.3 is 0 Å². The molecule has 0 saturated heterocycles. The number of hydrazine groups is 1. The van der Waals surface area contributed by atoms with Gasteiger partial charge in [0.05, 0.1) is 0 Å². The summed E-state index contributed by atoms with van der Waals surface area (Å²) in [5, 5.41) is 0. The number of rotatable bonds is 4. The van der Waals surface area contributed by atoms with E-state index >= 15 is 0 Å². The highest BCUT2D eigenvalue weighted by molar-refractivity contribution is 5.27. The van der Waals surface area contributed by atoms with E-state index in [2.05, 4.69) is 11.3 Å². The lowest BCUT2D eigenvalue weighted by atomic mass is 10.00. The van der Waals surface area contributed by atoms with Crippen LogP contribution in [0.5, 0.6) is 0 Å². The summed E-state index contributed by atoms with van der Waals surface area (Å²) in [4.78, 5) is 0. The molecule has 0 aliphatic rings. The molecule has 0 spiro atoms. The molecule has 3 heteroatoms. The molecular formula is C12H15FN2. The summed E-state index contributed by atoms with van der Waals surface area (Å²) in [6.45, 7) is 1.73. The van der Waals surface area contributed by atoms with Gasteiger partial charge in [0, 0.05) is 18.0 Å². The van der Waals surface area contributed by atoms with Crippen LogP contribution in [0.25, 0.3) is 0 Å². The van der Waals surface area contributed by atoms with Crippen molar-refractivity contribution in [3.63, 3.8) is 0 Å². The van der Waals surface area contributed by atoms with Crippen molar-refractivity contribution < 1.29 is 4.39 Å². The van der Waals surface area contributed by atoms with Gasteiger partial charge in [-0.1, -0.05) is 18.2 Å². The standard InChI is InChI=1S/C12H15FN2/c1-3-4-8-11(15-14)10-7-5-6-9(2)12(10)13/h1,5-7,11,15H,4,8,14H2,2H3. The van der Waals surface area contributed by atoms with Crippen LogP contribution >= 0.6 is 0 Å². The van der Waals surface area contributed by atoms with E-state index in [1.165, 1.54) is 0 Å². The van der Waals surface area contributed by atoms with Crippen LogP contribution in [0.2, 0.25) is 0 Å². The summed E-state index contributed by atoms with van der Waals surface area (Å²) >= 11 is 0. The number of nitrogens with one attached hydrogen (secondary N) is 1. The highest BCUT2D eigenvalue weighted by Gasteiger charge is 2.14. The molecular weight excluding hydrogens is 191 g/mol. The largest absolute Gasteiger partial charge is 0.271 e. The monoisotopic (exact) mass is 206 g/mol. The smallest absolute Gasteiger partial charge is 0.130 e. The second-order valence-corrected chi connectivity index (χ2v) is 3.44. The van der Waals surface area contributed by atoms with Gasteiger partial charge in [-0.15, -0.1) is 12.3 Å². The molecule has 1 aromatic carbocycles. The second kappa shape index (κ2) is 5.50. The zero-order valence-corrected chi connectivity index (χ0v) is 8.76. The number of aryl methyl sites for hydroxylation is 1. The fourth-order valence-electron chi connectivity index (χ4n) is 1.50. The second-order valence-electron chi connectivity index (χ2n) is 3.44. The third kappa shape index (κ3) is 2.79. The maximum atomic E-state index is 13.7. The first-order valence-electron chi connectivity index (χ1n) is 4.85. The van der Waals surface area contributed by atoms with Gasteiger partial charge in [0.1, 0.15) is 5.82 Å². The molecule has 0 aromatic heterocycles. The first-order chi connectivity index (χ1) is 7.20. The number of nitrogens with two attached hydrogens (primary N) is 1. The van der Waals surface area contributed by atoms with E-state index in [4.69, 9.17) is 12.3 Å². The van der Waals surface area contributed by atoms with Crippen LogP contribution in [-0.2, 0) is 0 Å². The predicted octanol–water partition coefficient (Wildman–Crippen LogP) is 2.05. The van der Waals surface area contributed by atoms with E-state index in [-0.39, 0.29) is 11.9 Å². The van der Waals surface area contributed by atoms with Crippen molar-refractivity contribution in [3.05, 3.63) is 35.1 Å². The lowest BCUT2D eigenvalue weighted by Crippen LogP contribution is -2.28. The van der Waals surface area contributed by atoms with E-state index in [1.807, 2.05) is 6.07 Å². The van der Waals surface area contributed by atoms with Gasteiger partial charge in [0.15, 0.2) is 0 Å². The van der Waals surface area contributed by atoms with Crippen LogP contribution in [0.15, 0.2) is 18.2 Å². The highest BCUT2D eigenvalue weighted by atomic mass is 19.1. The Morgan fingerprint density at radius 1 is 1.60 bits per heavy atom. The molecule has 0 aliphatic heterocycles. The minimum absolute atomic E-state index is 0.211. The number of terminal acetylenes is 1. The molecule has 0 heterocycles. The molecule has 0 radical (unpaired) electrons. The van der Waals surface area contributed by atoms with Crippen LogP contribution in [0.1, 0.15) is 30.0 Å². The molecule has 1 unspecified atom stereocenters. The average Bonchev–Trinajstić information content (AvgIpc) is 2.25. The lowest BCUT2D eigenvalue weighted by Gasteiger charge is -2.16. The number of hydrogen-bond donors (Lipinski definition) is 2. The Morgan fingerprint density at radius 3 is 2.93 bits per heavy atom. The maximum absolute atomic E-state index is 13.7. The first-order valence-corrected chi connectivity index (χ1v) is 4.85. The predicted molar refractivity (Wildman–Crippen MR) is 59.3 cm³/mol. The SMILES string of the molecule is C#CCCC(NN)c1cccc(C)c1F. The normalized spacial score (nSPS) is 12.1. The van der Waals surface area contributed by atoms with E-state index in [1.54, 1.807) is 19.1 Å². The van der Waals surface area contributed by atoms with Gasteiger partial charge < -0.3 is 0 Å². The van der Waals surface area contributed by atoms with Crippen molar-refractivity contribution in [2.75, 3.05) is 0 Å². The van der Waals surface area contributed by atoms with Gasteiger partial charge in [-0.2, -0.15) is 0 Å². The summed E-state index contributed by atoms with van der Waals surface area (Å²) in [6.07, 6.45) is 6.37. The molecule has 0 bridgehead atoms. The molecule has 0 fully saturated rings. The summed E-state index contributed by atoms with van der Waals surface area (Å²) in [5.74, 6) is 7.69. The van der Waals surface area contributed by atoms with Crippen molar-refractivity contribution >= 4 is 0 Å². The van der Waals surface area contributed by atoms with E-state index in [0.29, 0.717) is 24.0 Å². The van der Waals surface area contributed by atoms with Gasteiger partial charge in [-0.05, 0) is 18.9 Å². The van der Waals surface area contributed by atoms with Crippen LogP contribution in [0.4, 0.5) is 4.39 Å². The minimum Gasteiger partial charge on any atom is -0.271 e. The van der Waals surface area contributed by atoms with Crippen LogP contribution in [0, 0.1) is 25.1 Å². The van der Waals surface area contributed by atoms with Gasteiger partial charge in [-0.25, -0.2) is 4.39 Å². The summed E-state index contributed by atoms with van der Waals surface area (Å²) in [6, 6.07) is 5.05. The van der Waals surface area contributed by atoms with Crippen LogP contribution in [0.3, 0.4) is 0 Å². The Morgan fingerprint density at radius 2 is 2.33 bits per heavy atom. The Balaban J connectivity index is 2.92. The highest BCUT2D eigenvalue weighted by Crippen LogP contribution is 2.22. The molecule has 0 saturated carbocycles. The Bertz CT molecular complexity index is 368. The van der Waals surface area contributed by atoms with Crippen molar-refractivity contribution in [2.24, 2.45) is 5.84 Å². The quantitative estimate of drug-likeness (QED) is 0.449.